The van der Waals surface area contributed by atoms with Crippen molar-refractivity contribution in [2.45, 2.75) is 56.8 Å². The molecule has 1 saturated heterocycles. The molecule has 1 fully saturated rings. The summed E-state index contributed by atoms with van der Waals surface area (Å²) in [4.78, 5) is 39.6. The predicted octanol–water partition coefficient (Wildman–Crippen LogP) is 5.35. The second-order valence-corrected chi connectivity index (χ2v) is 11.3. The van der Waals surface area contributed by atoms with E-state index in [0.29, 0.717) is 23.3 Å². The molecular formula is C30H28F7N7O2. The van der Waals surface area contributed by atoms with E-state index in [2.05, 4.69) is 15.3 Å². The van der Waals surface area contributed by atoms with Gasteiger partial charge in [0.2, 0.25) is 5.95 Å². The van der Waals surface area contributed by atoms with Gasteiger partial charge in [-0.3, -0.25) is 19.9 Å². The summed E-state index contributed by atoms with van der Waals surface area (Å²) >= 11 is 0. The van der Waals surface area contributed by atoms with E-state index in [1.54, 1.807) is 19.0 Å². The van der Waals surface area contributed by atoms with Gasteiger partial charge in [0.25, 0.3) is 11.8 Å². The fraction of sp³-hybridized carbons (Fsp3) is 0.367. The van der Waals surface area contributed by atoms with E-state index in [-0.39, 0.29) is 24.2 Å². The average molecular weight is 652 g/mol. The first-order valence-corrected chi connectivity index (χ1v) is 14.0. The SMILES string of the molecule is CN(C)c1ncc2c(n1)CN(C(=O)c1cc(CN3C(=N)N[C@](CCCC(F)(F)F)(c4ccc(F)cc4)C3=O)ccc1C(F)(F)F)C2. The molecule has 2 aromatic carbocycles. The molecule has 244 valence electrons. The van der Waals surface area contributed by atoms with Crippen LogP contribution in [0.3, 0.4) is 0 Å². The molecule has 3 aromatic rings. The summed E-state index contributed by atoms with van der Waals surface area (Å²) in [6, 6.07) is 7.27. The van der Waals surface area contributed by atoms with Crippen LogP contribution in [0, 0.1) is 11.2 Å². The maximum atomic E-state index is 14.1. The lowest BCUT2D eigenvalue weighted by Crippen LogP contribution is -2.44. The molecule has 3 heterocycles. The number of nitrogens with one attached hydrogen (secondary N) is 2. The molecule has 0 radical (unpaired) electrons. The van der Waals surface area contributed by atoms with Gasteiger partial charge in [-0.1, -0.05) is 18.2 Å². The van der Waals surface area contributed by atoms with Crippen molar-refractivity contribution in [1.82, 2.24) is 25.1 Å². The van der Waals surface area contributed by atoms with Gasteiger partial charge in [0.05, 0.1) is 29.9 Å². The summed E-state index contributed by atoms with van der Waals surface area (Å²) in [5.74, 6) is -2.58. The molecule has 2 aliphatic heterocycles. The Kier molecular flexibility index (Phi) is 8.42. The number of anilines is 1. The summed E-state index contributed by atoms with van der Waals surface area (Å²) in [6.07, 6.45) is -10.0. The number of alkyl halides is 6. The molecular weight excluding hydrogens is 623 g/mol. The summed E-state index contributed by atoms with van der Waals surface area (Å²) in [7, 11) is 3.43. The smallest absolute Gasteiger partial charge is 0.347 e. The highest BCUT2D eigenvalue weighted by Gasteiger charge is 2.51. The molecule has 0 spiro atoms. The third kappa shape index (κ3) is 6.46. The number of hydrogen-bond acceptors (Lipinski definition) is 6. The topological polar surface area (TPSA) is 106 Å². The number of benzene rings is 2. The van der Waals surface area contributed by atoms with Crippen LogP contribution in [0.2, 0.25) is 0 Å². The van der Waals surface area contributed by atoms with Crippen LogP contribution in [0.5, 0.6) is 0 Å². The van der Waals surface area contributed by atoms with Crippen molar-refractivity contribution in [3.8, 4) is 0 Å². The van der Waals surface area contributed by atoms with Crippen LogP contribution in [-0.2, 0) is 36.1 Å². The zero-order valence-corrected chi connectivity index (χ0v) is 24.6. The van der Waals surface area contributed by atoms with E-state index >= 15 is 0 Å². The fourth-order valence-electron chi connectivity index (χ4n) is 5.57. The molecule has 2 N–H and O–H groups in total. The molecule has 0 aliphatic carbocycles. The van der Waals surface area contributed by atoms with Crippen molar-refractivity contribution in [3.63, 3.8) is 0 Å². The highest BCUT2D eigenvalue weighted by atomic mass is 19.4. The molecule has 5 rings (SSSR count). The first-order chi connectivity index (χ1) is 21.5. The number of fused-ring (bicyclic) bond motifs is 1. The van der Waals surface area contributed by atoms with E-state index < -0.39 is 78.4 Å². The normalized spacial score (nSPS) is 18.2. The van der Waals surface area contributed by atoms with Crippen LogP contribution in [0.15, 0.2) is 48.7 Å². The highest BCUT2D eigenvalue weighted by molar-refractivity contribution is 6.08. The van der Waals surface area contributed by atoms with Crippen molar-refractivity contribution in [1.29, 1.82) is 5.41 Å². The molecule has 2 aliphatic rings. The number of nitrogens with zero attached hydrogens (tertiary/aromatic N) is 5. The third-order valence-electron chi connectivity index (χ3n) is 7.85. The first kappa shape index (κ1) is 32.6. The average Bonchev–Trinajstić information content (AvgIpc) is 3.50. The van der Waals surface area contributed by atoms with Crippen molar-refractivity contribution in [2.24, 2.45) is 0 Å². The Bertz CT molecular complexity index is 1680. The Morgan fingerprint density at radius 1 is 1.07 bits per heavy atom. The number of guanidine groups is 1. The number of carbonyl (C=O) groups is 2. The van der Waals surface area contributed by atoms with Crippen molar-refractivity contribution in [2.75, 3.05) is 19.0 Å². The van der Waals surface area contributed by atoms with Crippen LogP contribution in [0.1, 0.15) is 57.6 Å². The number of hydrogen-bond donors (Lipinski definition) is 2. The second kappa shape index (κ2) is 11.9. The molecule has 16 heteroatoms. The zero-order valence-electron chi connectivity index (χ0n) is 24.6. The molecule has 0 unspecified atom stereocenters. The maximum Gasteiger partial charge on any atom is 0.417 e. The van der Waals surface area contributed by atoms with E-state index in [4.69, 9.17) is 5.41 Å². The Morgan fingerprint density at radius 2 is 1.76 bits per heavy atom. The minimum absolute atomic E-state index is 0.0271. The van der Waals surface area contributed by atoms with Crippen LogP contribution < -0.4 is 10.2 Å². The van der Waals surface area contributed by atoms with Gasteiger partial charge >= 0.3 is 12.4 Å². The summed E-state index contributed by atoms with van der Waals surface area (Å²) < 4.78 is 94.8. The lowest BCUT2D eigenvalue weighted by molar-refractivity contribution is -0.140. The van der Waals surface area contributed by atoms with Crippen molar-refractivity contribution in [3.05, 3.63) is 88.0 Å². The number of aromatic nitrogens is 2. The molecule has 9 nitrogen and oxygen atoms in total. The Labute approximate surface area is 258 Å². The zero-order chi connectivity index (χ0) is 33.6. The maximum absolute atomic E-state index is 14.1. The third-order valence-corrected chi connectivity index (χ3v) is 7.85. The van der Waals surface area contributed by atoms with E-state index in [1.807, 2.05) is 0 Å². The van der Waals surface area contributed by atoms with E-state index in [9.17, 15) is 40.3 Å². The van der Waals surface area contributed by atoms with Crippen molar-refractivity contribution < 1.29 is 40.3 Å². The predicted molar refractivity (Wildman–Crippen MR) is 151 cm³/mol. The van der Waals surface area contributed by atoms with Crippen LogP contribution in [0.4, 0.5) is 36.7 Å². The number of halogens is 7. The molecule has 1 aromatic heterocycles. The van der Waals surface area contributed by atoms with Gasteiger partial charge in [0, 0.05) is 38.8 Å². The van der Waals surface area contributed by atoms with Crippen LogP contribution in [-0.4, -0.2) is 57.8 Å². The van der Waals surface area contributed by atoms with Gasteiger partial charge in [0.1, 0.15) is 11.4 Å². The largest absolute Gasteiger partial charge is 0.417 e. The molecule has 0 saturated carbocycles. The number of carbonyl (C=O) groups excluding carboxylic acids is 2. The Morgan fingerprint density at radius 3 is 2.39 bits per heavy atom. The lowest BCUT2D eigenvalue weighted by atomic mass is 9.84. The van der Waals surface area contributed by atoms with Crippen molar-refractivity contribution >= 4 is 23.7 Å². The molecule has 2 amide bonds. The summed E-state index contributed by atoms with van der Waals surface area (Å²) in [6.45, 7) is -0.555. The minimum Gasteiger partial charge on any atom is -0.347 e. The Balaban J connectivity index is 1.44. The fourth-order valence-corrected chi connectivity index (χ4v) is 5.57. The molecule has 0 bridgehead atoms. The quantitative estimate of drug-likeness (QED) is 0.319. The Hall–Kier alpha value is -4.76. The molecule has 46 heavy (non-hydrogen) atoms. The van der Waals surface area contributed by atoms with Gasteiger partial charge < -0.3 is 15.1 Å². The lowest BCUT2D eigenvalue weighted by Gasteiger charge is -2.28. The second-order valence-electron chi connectivity index (χ2n) is 11.3. The van der Waals surface area contributed by atoms with E-state index in [0.717, 1.165) is 29.2 Å². The summed E-state index contributed by atoms with van der Waals surface area (Å²) in [5, 5.41) is 11.1. The number of rotatable bonds is 8. The van der Waals surface area contributed by atoms with Gasteiger partial charge in [-0.15, -0.1) is 0 Å². The minimum atomic E-state index is -4.90. The summed E-state index contributed by atoms with van der Waals surface area (Å²) in [5.41, 5.74) is -2.49. The van der Waals surface area contributed by atoms with Gasteiger partial charge in [-0.05, 0) is 48.2 Å². The monoisotopic (exact) mass is 651 g/mol. The van der Waals surface area contributed by atoms with Gasteiger partial charge in [0.15, 0.2) is 5.96 Å². The van der Waals surface area contributed by atoms with Gasteiger partial charge in [-0.2, -0.15) is 26.3 Å². The first-order valence-electron chi connectivity index (χ1n) is 14.0. The standard InChI is InChI=1S/C30H28F7N7O2/c1-42(2)27-39-13-18-15-43(16-23(18)40-27)24(45)21-12-17(4-9-22(21)30(35,36)37)14-44-25(46)28(41-26(44)38,10-3-11-29(32,33)34)19-5-7-20(31)8-6-19/h4-9,12-13H,3,10-11,14-16H2,1-2H3,(H2,38,41)/t28-/m1/s1. The number of amides is 2. The molecule has 1 atom stereocenters. The van der Waals surface area contributed by atoms with Crippen LogP contribution >= 0.6 is 0 Å². The van der Waals surface area contributed by atoms with E-state index in [1.165, 1.54) is 23.2 Å². The van der Waals surface area contributed by atoms with Gasteiger partial charge in [-0.25, -0.2) is 14.4 Å². The van der Waals surface area contributed by atoms with Crippen LogP contribution in [0.25, 0.3) is 0 Å². The highest BCUT2D eigenvalue weighted by Crippen LogP contribution is 2.38.